The molecule has 1 aliphatic heterocycles. The van der Waals surface area contributed by atoms with Crippen LogP contribution < -0.4 is 4.90 Å². The highest BCUT2D eigenvalue weighted by Crippen LogP contribution is 2.42. The summed E-state index contributed by atoms with van der Waals surface area (Å²) in [7, 11) is 0. The first-order valence-electron chi connectivity index (χ1n) is 8.93. The third-order valence-electron chi connectivity index (χ3n) is 4.87. The van der Waals surface area contributed by atoms with Gasteiger partial charge in [0.2, 0.25) is 0 Å². The van der Waals surface area contributed by atoms with E-state index in [-0.39, 0.29) is 16.9 Å². The molecule has 1 atom stereocenters. The molecule has 0 spiro atoms. The first-order chi connectivity index (χ1) is 13.2. The lowest BCUT2D eigenvalue weighted by Gasteiger charge is -2.28. The van der Waals surface area contributed by atoms with Gasteiger partial charge in [0.15, 0.2) is 11.5 Å². The maximum Gasteiger partial charge on any atom is 0.335 e. The monoisotopic (exact) mass is 379 g/mol. The molecule has 0 fully saturated rings. The topological polar surface area (TPSA) is 94.9 Å². The van der Waals surface area contributed by atoms with Gasteiger partial charge < -0.3 is 10.2 Å². The Hall–Kier alpha value is -3.41. The number of amides is 1. The van der Waals surface area contributed by atoms with Gasteiger partial charge in [-0.25, -0.2) is 4.79 Å². The van der Waals surface area contributed by atoms with E-state index < -0.39 is 29.6 Å². The maximum absolute atomic E-state index is 12.9. The molecule has 2 N–H and O–H groups in total. The van der Waals surface area contributed by atoms with Crippen molar-refractivity contribution in [3.8, 4) is 0 Å². The van der Waals surface area contributed by atoms with E-state index in [1.54, 1.807) is 13.8 Å². The fourth-order valence-corrected chi connectivity index (χ4v) is 3.39. The summed E-state index contributed by atoms with van der Waals surface area (Å²) in [5.41, 5.74) is 2.15. The Morgan fingerprint density at radius 2 is 1.64 bits per heavy atom. The average molecular weight is 379 g/mol. The summed E-state index contributed by atoms with van der Waals surface area (Å²) in [4.78, 5) is 38.2. The van der Waals surface area contributed by atoms with Gasteiger partial charge in [0.1, 0.15) is 0 Å². The Labute approximate surface area is 162 Å². The largest absolute Gasteiger partial charge is 0.503 e. The molecule has 0 aliphatic carbocycles. The minimum absolute atomic E-state index is 0.0663. The van der Waals surface area contributed by atoms with Crippen molar-refractivity contribution in [3.63, 3.8) is 0 Å². The molecule has 0 bridgehead atoms. The normalized spacial score (nSPS) is 16.8. The molecular formula is C22H21NO5. The molecule has 6 nitrogen and oxygen atoms in total. The predicted molar refractivity (Wildman–Crippen MR) is 104 cm³/mol. The van der Waals surface area contributed by atoms with Crippen molar-refractivity contribution in [2.45, 2.75) is 26.8 Å². The van der Waals surface area contributed by atoms with Crippen LogP contribution in [0, 0.1) is 12.8 Å². The van der Waals surface area contributed by atoms with E-state index in [4.69, 9.17) is 5.11 Å². The SMILES string of the molecule is Cc1ccccc1[C@H]1C(C(=O)C(C)C)=C(O)C(=O)N1c1ccc(C(=O)O)cc1. The van der Waals surface area contributed by atoms with Gasteiger partial charge in [-0.2, -0.15) is 0 Å². The van der Waals surface area contributed by atoms with Crippen LogP contribution in [0.4, 0.5) is 5.69 Å². The van der Waals surface area contributed by atoms with Gasteiger partial charge in [-0.15, -0.1) is 0 Å². The van der Waals surface area contributed by atoms with Crippen LogP contribution in [0.3, 0.4) is 0 Å². The van der Waals surface area contributed by atoms with Crippen LogP contribution in [0.2, 0.25) is 0 Å². The Morgan fingerprint density at radius 1 is 1.04 bits per heavy atom. The molecule has 2 aromatic rings. The molecule has 1 amide bonds. The first-order valence-corrected chi connectivity index (χ1v) is 8.93. The number of Topliss-reactive ketones (excluding diaryl/α,β-unsaturated/α-hetero) is 1. The second-order valence-corrected chi connectivity index (χ2v) is 7.07. The fourth-order valence-electron chi connectivity index (χ4n) is 3.39. The third-order valence-corrected chi connectivity index (χ3v) is 4.87. The third kappa shape index (κ3) is 3.17. The highest BCUT2D eigenvalue weighted by Gasteiger charge is 2.45. The van der Waals surface area contributed by atoms with E-state index in [2.05, 4.69) is 0 Å². The average Bonchev–Trinajstić information content (AvgIpc) is 2.92. The molecule has 144 valence electrons. The molecule has 6 heteroatoms. The van der Waals surface area contributed by atoms with Gasteiger partial charge in [0.25, 0.3) is 5.91 Å². The number of aliphatic hydroxyl groups is 1. The summed E-state index contributed by atoms with van der Waals surface area (Å²) in [5.74, 6) is -3.02. The van der Waals surface area contributed by atoms with Crippen molar-refractivity contribution >= 4 is 23.3 Å². The number of aryl methyl sites for hydroxylation is 1. The van der Waals surface area contributed by atoms with Gasteiger partial charge in [0, 0.05) is 11.6 Å². The van der Waals surface area contributed by atoms with Gasteiger partial charge in [0.05, 0.1) is 17.2 Å². The molecule has 1 aliphatic rings. The molecule has 28 heavy (non-hydrogen) atoms. The number of hydrogen-bond acceptors (Lipinski definition) is 4. The second kappa shape index (κ2) is 7.31. The van der Waals surface area contributed by atoms with Gasteiger partial charge in [-0.05, 0) is 42.3 Å². The van der Waals surface area contributed by atoms with Crippen molar-refractivity contribution < 1.29 is 24.6 Å². The number of benzene rings is 2. The number of carboxylic acids is 1. The second-order valence-electron chi connectivity index (χ2n) is 7.07. The van der Waals surface area contributed by atoms with Crippen LogP contribution in [0.5, 0.6) is 0 Å². The van der Waals surface area contributed by atoms with Crippen LogP contribution in [0.25, 0.3) is 0 Å². The summed E-state index contributed by atoms with van der Waals surface area (Å²) in [6.45, 7) is 5.30. The first kappa shape index (κ1) is 19.4. The van der Waals surface area contributed by atoms with Crippen LogP contribution in [-0.4, -0.2) is 27.9 Å². The van der Waals surface area contributed by atoms with Crippen molar-refractivity contribution in [2.75, 3.05) is 4.90 Å². The summed E-state index contributed by atoms with van der Waals surface area (Å²) in [6, 6.07) is 12.4. The van der Waals surface area contributed by atoms with E-state index in [1.165, 1.54) is 29.2 Å². The lowest BCUT2D eigenvalue weighted by molar-refractivity contribution is -0.119. The van der Waals surface area contributed by atoms with Crippen molar-refractivity contribution in [2.24, 2.45) is 5.92 Å². The van der Waals surface area contributed by atoms with Gasteiger partial charge >= 0.3 is 5.97 Å². The number of carboxylic acid groups (broad SMARTS) is 1. The van der Waals surface area contributed by atoms with Crippen molar-refractivity contribution in [3.05, 3.63) is 76.6 Å². The number of anilines is 1. The quantitative estimate of drug-likeness (QED) is 0.823. The summed E-state index contributed by atoms with van der Waals surface area (Å²) in [6.07, 6.45) is 0. The molecule has 0 radical (unpaired) electrons. The smallest absolute Gasteiger partial charge is 0.335 e. The minimum atomic E-state index is -1.08. The number of aromatic carboxylic acids is 1. The van der Waals surface area contributed by atoms with Gasteiger partial charge in [-0.1, -0.05) is 38.1 Å². The molecule has 1 heterocycles. The fraction of sp³-hybridized carbons (Fsp3) is 0.227. The van der Waals surface area contributed by atoms with E-state index in [9.17, 15) is 19.5 Å². The van der Waals surface area contributed by atoms with Crippen LogP contribution in [0.1, 0.15) is 41.4 Å². The van der Waals surface area contributed by atoms with E-state index in [0.29, 0.717) is 5.69 Å². The zero-order valence-corrected chi connectivity index (χ0v) is 15.8. The lowest BCUT2D eigenvalue weighted by atomic mass is 9.89. The number of ketones is 1. The number of hydrogen-bond donors (Lipinski definition) is 2. The van der Waals surface area contributed by atoms with Crippen LogP contribution in [-0.2, 0) is 9.59 Å². The molecular weight excluding hydrogens is 358 g/mol. The Morgan fingerprint density at radius 3 is 2.18 bits per heavy atom. The Bertz CT molecular complexity index is 988. The maximum atomic E-state index is 12.9. The van der Waals surface area contributed by atoms with E-state index in [1.807, 2.05) is 31.2 Å². The molecule has 3 rings (SSSR count). The number of carbonyl (C=O) groups excluding carboxylic acids is 2. The Balaban J connectivity index is 2.18. The zero-order valence-electron chi connectivity index (χ0n) is 15.8. The van der Waals surface area contributed by atoms with Crippen LogP contribution >= 0.6 is 0 Å². The summed E-state index contributed by atoms with van der Waals surface area (Å²) >= 11 is 0. The number of rotatable bonds is 5. The van der Waals surface area contributed by atoms with Gasteiger partial charge in [-0.3, -0.25) is 14.5 Å². The molecule has 0 unspecified atom stereocenters. The highest BCUT2D eigenvalue weighted by atomic mass is 16.4. The summed E-state index contributed by atoms with van der Waals surface area (Å²) < 4.78 is 0. The molecule has 2 aromatic carbocycles. The van der Waals surface area contributed by atoms with E-state index in [0.717, 1.165) is 11.1 Å². The number of aliphatic hydroxyl groups excluding tert-OH is 1. The number of carbonyl (C=O) groups is 3. The lowest BCUT2D eigenvalue weighted by Crippen LogP contribution is -2.31. The summed E-state index contributed by atoms with van der Waals surface area (Å²) in [5, 5.41) is 19.7. The molecule has 0 saturated heterocycles. The zero-order chi connectivity index (χ0) is 20.6. The van der Waals surface area contributed by atoms with E-state index >= 15 is 0 Å². The standard InChI is InChI=1S/C22H21NO5/c1-12(2)19(24)17-18(16-7-5-4-6-13(16)3)23(21(26)20(17)25)15-10-8-14(9-11-15)22(27)28/h4-12,18,25H,1-3H3,(H,27,28)/t18-/m0/s1. The minimum Gasteiger partial charge on any atom is -0.503 e. The van der Waals surface area contributed by atoms with Crippen molar-refractivity contribution in [1.29, 1.82) is 0 Å². The van der Waals surface area contributed by atoms with Crippen molar-refractivity contribution in [1.82, 2.24) is 0 Å². The predicted octanol–water partition coefficient (Wildman–Crippen LogP) is 3.82. The molecule has 0 aromatic heterocycles. The number of nitrogens with zero attached hydrogens (tertiary/aromatic N) is 1. The van der Waals surface area contributed by atoms with Crippen LogP contribution in [0.15, 0.2) is 59.9 Å². The Kier molecular flexibility index (Phi) is 5.05. The molecule has 0 saturated carbocycles. The highest BCUT2D eigenvalue weighted by molar-refractivity contribution is 6.17.